The number of halogens is 2. The molecular formula is C21H18F2N2O4S. The second kappa shape index (κ2) is 8.91. The van der Waals surface area contributed by atoms with E-state index in [1.165, 1.54) is 37.4 Å². The first kappa shape index (κ1) is 21.3. The number of carbonyl (C=O) groups is 1. The third-order valence-corrected chi connectivity index (χ3v) is 5.94. The van der Waals surface area contributed by atoms with Gasteiger partial charge in [-0.3, -0.25) is 9.10 Å². The lowest BCUT2D eigenvalue weighted by molar-refractivity contribution is -0.118. The third-order valence-electron chi connectivity index (χ3n) is 4.16. The number of hydrogen-bond donors (Lipinski definition) is 1. The molecule has 0 fully saturated rings. The molecule has 1 amide bonds. The molecular weight excluding hydrogens is 414 g/mol. The Balaban J connectivity index is 1.68. The number of rotatable bonds is 7. The summed E-state index contributed by atoms with van der Waals surface area (Å²) in [6, 6.07) is 17.2. The second-order valence-corrected chi connectivity index (χ2v) is 8.22. The lowest BCUT2D eigenvalue weighted by Gasteiger charge is -2.19. The number of anilines is 2. The van der Waals surface area contributed by atoms with Crippen molar-refractivity contribution in [2.45, 2.75) is 4.90 Å². The van der Waals surface area contributed by atoms with E-state index in [9.17, 15) is 22.0 Å². The van der Waals surface area contributed by atoms with Gasteiger partial charge in [-0.2, -0.15) is 0 Å². The van der Waals surface area contributed by atoms with Crippen molar-refractivity contribution in [3.05, 3.63) is 84.4 Å². The summed E-state index contributed by atoms with van der Waals surface area (Å²) < 4.78 is 58.1. The zero-order valence-electron chi connectivity index (χ0n) is 15.9. The number of benzene rings is 3. The fourth-order valence-corrected chi connectivity index (χ4v) is 3.82. The third kappa shape index (κ3) is 4.93. The van der Waals surface area contributed by atoms with E-state index in [1.54, 1.807) is 30.3 Å². The maximum atomic E-state index is 13.2. The van der Waals surface area contributed by atoms with E-state index in [0.29, 0.717) is 5.69 Å². The highest BCUT2D eigenvalue weighted by molar-refractivity contribution is 7.92. The molecule has 9 heteroatoms. The van der Waals surface area contributed by atoms with Gasteiger partial charge in [0.1, 0.15) is 5.75 Å². The van der Waals surface area contributed by atoms with Crippen molar-refractivity contribution in [2.75, 3.05) is 23.3 Å². The highest BCUT2D eigenvalue weighted by atomic mass is 32.2. The molecule has 0 unspecified atom stereocenters. The van der Waals surface area contributed by atoms with E-state index in [1.807, 2.05) is 0 Å². The van der Waals surface area contributed by atoms with Crippen molar-refractivity contribution in [1.82, 2.24) is 0 Å². The highest BCUT2D eigenvalue weighted by Gasteiger charge is 2.21. The lowest BCUT2D eigenvalue weighted by atomic mass is 10.3. The number of nitrogens with one attached hydrogen (secondary N) is 1. The van der Waals surface area contributed by atoms with Crippen LogP contribution >= 0.6 is 0 Å². The Bertz CT molecular complexity index is 1150. The molecule has 0 radical (unpaired) electrons. The molecule has 156 valence electrons. The van der Waals surface area contributed by atoms with E-state index in [4.69, 9.17) is 4.74 Å². The molecule has 3 aromatic carbocycles. The van der Waals surface area contributed by atoms with Gasteiger partial charge in [-0.15, -0.1) is 0 Å². The molecule has 0 aliphatic heterocycles. The average molecular weight is 432 g/mol. The van der Waals surface area contributed by atoms with Gasteiger partial charge in [-0.05, 0) is 42.5 Å². The van der Waals surface area contributed by atoms with Gasteiger partial charge in [0.25, 0.3) is 15.9 Å². The molecule has 6 nitrogen and oxygen atoms in total. The zero-order valence-corrected chi connectivity index (χ0v) is 16.7. The summed E-state index contributed by atoms with van der Waals surface area (Å²) in [5, 5.41) is 2.51. The fourth-order valence-electron chi connectivity index (χ4n) is 2.58. The first-order valence-electron chi connectivity index (χ1n) is 8.79. The molecule has 0 saturated carbocycles. The Morgan fingerprint density at radius 1 is 0.967 bits per heavy atom. The Morgan fingerprint density at radius 3 is 2.40 bits per heavy atom. The van der Waals surface area contributed by atoms with Crippen LogP contribution in [0, 0.1) is 11.6 Å². The predicted molar refractivity (Wildman–Crippen MR) is 109 cm³/mol. The van der Waals surface area contributed by atoms with Crippen molar-refractivity contribution in [3.8, 4) is 5.75 Å². The fraction of sp³-hybridized carbons (Fsp3) is 0.0952. The summed E-state index contributed by atoms with van der Waals surface area (Å²) in [5.41, 5.74) is 0.739. The molecule has 0 spiro atoms. The van der Waals surface area contributed by atoms with Gasteiger partial charge in [-0.25, -0.2) is 17.2 Å². The highest BCUT2D eigenvalue weighted by Crippen LogP contribution is 2.23. The van der Waals surface area contributed by atoms with E-state index >= 15 is 0 Å². The second-order valence-electron chi connectivity index (χ2n) is 6.25. The predicted octanol–water partition coefficient (Wildman–Crippen LogP) is 3.81. The van der Waals surface area contributed by atoms with E-state index in [2.05, 4.69) is 5.32 Å². The molecule has 1 N–H and O–H groups in total. The minimum absolute atomic E-state index is 0.00632. The van der Waals surface area contributed by atoms with Crippen LogP contribution in [0.1, 0.15) is 0 Å². The van der Waals surface area contributed by atoms with Crippen LogP contribution in [0.25, 0.3) is 0 Å². The number of amides is 1. The number of ether oxygens (including phenoxy) is 1. The minimum atomic E-state index is -3.84. The molecule has 0 aliphatic carbocycles. The number of carbonyl (C=O) groups excluding carboxylic acids is 1. The normalized spacial score (nSPS) is 11.0. The van der Waals surface area contributed by atoms with E-state index < -0.39 is 34.2 Å². The summed E-state index contributed by atoms with van der Waals surface area (Å²) in [6.07, 6.45) is 0. The number of nitrogens with zero attached hydrogens (tertiary/aromatic N) is 1. The van der Waals surface area contributed by atoms with Crippen LogP contribution in [0.4, 0.5) is 20.2 Å². The molecule has 3 rings (SSSR count). The van der Waals surface area contributed by atoms with Crippen molar-refractivity contribution in [1.29, 1.82) is 0 Å². The maximum Gasteiger partial charge on any atom is 0.264 e. The largest absolute Gasteiger partial charge is 0.484 e. The van der Waals surface area contributed by atoms with Crippen LogP contribution in [0.2, 0.25) is 0 Å². The Labute approximate surface area is 172 Å². The summed E-state index contributed by atoms with van der Waals surface area (Å²) in [6.45, 7) is -0.466. The summed E-state index contributed by atoms with van der Waals surface area (Å²) >= 11 is 0. The van der Waals surface area contributed by atoms with Gasteiger partial charge in [0.15, 0.2) is 18.2 Å². The van der Waals surface area contributed by atoms with Gasteiger partial charge in [-0.1, -0.05) is 24.3 Å². The Kier molecular flexibility index (Phi) is 6.31. The molecule has 0 heterocycles. The Hall–Kier alpha value is -3.46. The SMILES string of the molecule is CN(c1ccccc1)S(=O)(=O)c1cccc(NC(=O)COc2ccc(F)c(F)c2)c1. The minimum Gasteiger partial charge on any atom is -0.484 e. The van der Waals surface area contributed by atoms with Gasteiger partial charge >= 0.3 is 0 Å². The van der Waals surface area contributed by atoms with Crippen LogP contribution in [-0.4, -0.2) is 28.0 Å². The van der Waals surface area contributed by atoms with Crippen LogP contribution in [0.15, 0.2) is 77.7 Å². The zero-order chi connectivity index (χ0) is 21.7. The standard InChI is InChI=1S/C21H18F2N2O4S/c1-25(16-7-3-2-4-8-16)30(27,28)18-9-5-6-15(12-18)24-21(26)14-29-17-10-11-19(22)20(23)13-17/h2-13H,14H2,1H3,(H,24,26). The van der Waals surface area contributed by atoms with Crippen LogP contribution in [0.5, 0.6) is 5.75 Å². The first-order valence-corrected chi connectivity index (χ1v) is 10.2. The van der Waals surface area contributed by atoms with Crippen LogP contribution < -0.4 is 14.4 Å². The number of hydrogen-bond acceptors (Lipinski definition) is 4. The first-order chi connectivity index (χ1) is 14.3. The summed E-state index contributed by atoms with van der Waals surface area (Å²) in [7, 11) is -2.40. The van der Waals surface area contributed by atoms with E-state index in [0.717, 1.165) is 16.4 Å². The van der Waals surface area contributed by atoms with Crippen molar-refractivity contribution in [3.63, 3.8) is 0 Å². The molecule has 30 heavy (non-hydrogen) atoms. The van der Waals surface area contributed by atoms with Gasteiger partial charge in [0, 0.05) is 18.8 Å². The van der Waals surface area contributed by atoms with Crippen LogP contribution in [-0.2, 0) is 14.8 Å². The van der Waals surface area contributed by atoms with Crippen LogP contribution in [0.3, 0.4) is 0 Å². The summed E-state index contributed by atoms with van der Waals surface area (Å²) in [4.78, 5) is 12.1. The van der Waals surface area contributed by atoms with Crippen molar-refractivity contribution < 1.29 is 26.7 Å². The molecule has 3 aromatic rings. The molecule has 0 saturated heterocycles. The Morgan fingerprint density at radius 2 is 1.70 bits per heavy atom. The number of para-hydroxylation sites is 1. The maximum absolute atomic E-state index is 13.2. The van der Waals surface area contributed by atoms with Crippen molar-refractivity contribution >= 4 is 27.3 Å². The van der Waals surface area contributed by atoms with E-state index in [-0.39, 0.29) is 16.3 Å². The topological polar surface area (TPSA) is 75.7 Å². The smallest absolute Gasteiger partial charge is 0.264 e. The molecule has 0 bridgehead atoms. The molecule has 0 atom stereocenters. The quantitative estimate of drug-likeness (QED) is 0.616. The lowest BCUT2D eigenvalue weighted by Crippen LogP contribution is -2.26. The monoisotopic (exact) mass is 432 g/mol. The molecule has 0 aromatic heterocycles. The van der Waals surface area contributed by atoms with Crippen molar-refractivity contribution in [2.24, 2.45) is 0 Å². The van der Waals surface area contributed by atoms with Gasteiger partial charge in [0.2, 0.25) is 0 Å². The average Bonchev–Trinajstić information content (AvgIpc) is 2.75. The molecule has 0 aliphatic rings. The summed E-state index contributed by atoms with van der Waals surface area (Å²) in [5.74, 6) is -2.71. The van der Waals surface area contributed by atoms with Gasteiger partial charge in [0.05, 0.1) is 10.6 Å². The number of sulfonamides is 1. The van der Waals surface area contributed by atoms with Gasteiger partial charge < -0.3 is 10.1 Å².